The Kier molecular flexibility index (Phi) is 7.22. The van der Waals surface area contributed by atoms with Gasteiger partial charge in [0.25, 0.3) is 0 Å². The molecule has 11 heteroatoms. The molecule has 26 heavy (non-hydrogen) atoms. The molecule has 0 N–H and O–H groups in total. The molecule has 0 radical (unpaired) electrons. The molecule has 0 spiro atoms. The largest absolute Gasteiger partial charge is 0.743 e. The molecule has 1 aliphatic rings. The van der Waals surface area contributed by atoms with Crippen LogP contribution in [-0.2, 0) is 24.4 Å². The fourth-order valence-electron chi connectivity index (χ4n) is 2.50. The van der Waals surface area contributed by atoms with Crippen LogP contribution in [0, 0.1) is 0 Å². The van der Waals surface area contributed by atoms with Crippen molar-refractivity contribution in [2.45, 2.75) is 62.2 Å². The Labute approximate surface area is 149 Å². The van der Waals surface area contributed by atoms with Crippen molar-refractivity contribution in [3.8, 4) is 0 Å². The third-order valence-corrected chi connectivity index (χ3v) is 5.01. The molecule has 0 saturated heterocycles. The van der Waals surface area contributed by atoms with Gasteiger partial charge in [-0.2, -0.15) is 17.6 Å². The quantitative estimate of drug-likeness (QED) is 0.182. The molecule has 1 saturated carbocycles. The predicted octanol–water partition coefficient (Wildman–Crippen LogP) is 2.99. The van der Waals surface area contributed by atoms with Crippen molar-refractivity contribution in [1.29, 1.82) is 0 Å². The number of rotatable bonds is 10. The third kappa shape index (κ3) is 5.65. The molecular weight excluding hydrogens is 384 g/mol. The van der Waals surface area contributed by atoms with Crippen molar-refractivity contribution in [3.63, 3.8) is 0 Å². The summed E-state index contributed by atoms with van der Waals surface area (Å²) in [5.74, 6) is -5.71. The molecule has 0 unspecified atom stereocenters. The fraction of sp³-hybridized carbons (Fsp3) is 0.800. The maximum atomic E-state index is 13.2. The van der Waals surface area contributed by atoms with Crippen LogP contribution in [0.15, 0.2) is 12.2 Å². The molecule has 0 heterocycles. The molecule has 0 aliphatic heterocycles. The van der Waals surface area contributed by atoms with Crippen molar-refractivity contribution >= 4 is 16.1 Å². The average molecular weight is 405 g/mol. The number of carbonyl (C=O) groups is 1. The highest BCUT2D eigenvalue weighted by Gasteiger charge is 2.60. The van der Waals surface area contributed by atoms with E-state index in [0.717, 1.165) is 25.7 Å². The number of hydrogen-bond donors (Lipinski definition) is 0. The van der Waals surface area contributed by atoms with Crippen molar-refractivity contribution in [1.82, 2.24) is 0 Å². The van der Waals surface area contributed by atoms with E-state index in [4.69, 9.17) is 9.47 Å². The van der Waals surface area contributed by atoms with Gasteiger partial charge in [-0.1, -0.05) is 6.58 Å². The lowest BCUT2D eigenvalue weighted by molar-refractivity contribution is -0.166. The van der Waals surface area contributed by atoms with E-state index in [0.29, 0.717) is 0 Å². The van der Waals surface area contributed by atoms with Gasteiger partial charge in [-0.05, 0) is 39.0 Å². The van der Waals surface area contributed by atoms with Crippen LogP contribution in [0.4, 0.5) is 17.6 Å². The van der Waals surface area contributed by atoms with Crippen LogP contribution in [-0.4, -0.2) is 48.9 Å². The Balaban J connectivity index is 2.36. The Hall–Kier alpha value is -1.20. The Morgan fingerprint density at radius 2 is 1.77 bits per heavy atom. The molecule has 1 fully saturated rings. The first-order valence-electron chi connectivity index (χ1n) is 7.92. The van der Waals surface area contributed by atoms with Crippen LogP contribution in [0.2, 0.25) is 0 Å². The molecule has 152 valence electrons. The summed E-state index contributed by atoms with van der Waals surface area (Å²) in [5, 5.41) is -5.70. The molecule has 1 aliphatic carbocycles. The third-order valence-electron chi connectivity index (χ3n) is 4.08. The number of esters is 1. The lowest BCUT2D eigenvalue weighted by Gasteiger charge is -2.28. The van der Waals surface area contributed by atoms with Crippen LogP contribution in [0.1, 0.15) is 45.4 Å². The maximum Gasteiger partial charge on any atom is 0.396 e. The number of carbonyl (C=O) groups excluding carboxylic acids is 1. The highest BCUT2D eigenvalue weighted by molar-refractivity contribution is 7.86. The summed E-state index contributed by atoms with van der Waals surface area (Å²) in [7, 11) is -6.49. The van der Waals surface area contributed by atoms with Gasteiger partial charge in [0.15, 0.2) is 10.1 Å². The maximum absolute atomic E-state index is 13.2. The second kappa shape index (κ2) is 8.22. The summed E-state index contributed by atoms with van der Waals surface area (Å²) < 4.78 is 93.2. The average Bonchev–Trinajstić information content (AvgIpc) is 2.91. The zero-order valence-electron chi connectivity index (χ0n) is 14.2. The van der Waals surface area contributed by atoms with E-state index in [2.05, 4.69) is 6.58 Å². The van der Waals surface area contributed by atoms with Gasteiger partial charge < -0.3 is 14.0 Å². The monoisotopic (exact) mass is 405 g/mol. The van der Waals surface area contributed by atoms with Gasteiger partial charge in [-0.25, -0.2) is 13.2 Å². The Bertz CT molecular complexity index is 626. The normalized spacial score (nSPS) is 17.9. The zero-order valence-corrected chi connectivity index (χ0v) is 15.1. The second-order valence-electron chi connectivity index (χ2n) is 6.48. The second-order valence-corrected chi connectivity index (χ2v) is 7.90. The van der Waals surface area contributed by atoms with E-state index in [1.165, 1.54) is 0 Å². The minimum absolute atomic E-state index is 0.0580. The van der Waals surface area contributed by atoms with Gasteiger partial charge in [0.1, 0.15) is 5.60 Å². The molecule has 1 rings (SSSR count). The van der Waals surface area contributed by atoms with Gasteiger partial charge >= 0.3 is 17.1 Å². The zero-order chi connectivity index (χ0) is 20.2. The fourth-order valence-corrected chi connectivity index (χ4v) is 2.97. The summed E-state index contributed by atoms with van der Waals surface area (Å²) in [6.07, 6.45) is 1.08. The van der Waals surface area contributed by atoms with E-state index in [1.807, 2.05) is 0 Å². The predicted molar refractivity (Wildman–Crippen MR) is 81.7 cm³/mol. The summed E-state index contributed by atoms with van der Waals surface area (Å²) in [6, 6.07) is 0. The molecule has 0 aromatic heterocycles. The molecule has 6 nitrogen and oxygen atoms in total. The van der Waals surface area contributed by atoms with Gasteiger partial charge in [0.05, 0.1) is 12.2 Å². The van der Waals surface area contributed by atoms with E-state index < -0.39 is 52.3 Å². The van der Waals surface area contributed by atoms with Gasteiger partial charge in [-0.15, -0.1) is 0 Å². The van der Waals surface area contributed by atoms with E-state index in [9.17, 15) is 35.3 Å². The number of hydrogen-bond acceptors (Lipinski definition) is 6. The minimum Gasteiger partial charge on any atom is -0.743 e. The minimum atomic E-state index is -6.49. The van der Waals surface area contributed by atoms with Gasteiger partial charge in [0, 0.05) is 13.0 Å². The summed E-state index contributed by atoms with van der Waals surface area (Å²) in [5.41, 5.74) is -0.630. The number of ether oxygens (including phenoxy) is 2. The van der Waals surface area contributed by atoms with E-state index in [-0.39, 0.29) is 12.2 Å². The van der Waals surface area contributed by atoms with E-state index >= 15 is 0 Å². The molecule has 0 atom stereocenters. The Morgan fingerprint density at radius 3 is 2.27 bits per heavy atom. The van der Waals surface area contributed by atoms with Crippen LogP contribution >= 0.6 is 0 Å². The first-order chi connectivity index (χ1) is 11.7. The van der Waals surface area contributed by atoms with Gasteiger partial charge in [-0.3, -0.25) is 0 Å². The standard InChI is InChI=1S/C15H22F4O6S/c1-11(12(20)25-13(2)6-3-4-7-13)10-24-9-5-8-14(16,17)15(18,19)26(21,22)23/h1,3-10H2,2H3,(H,21,22,23)/p-1. The summed E-state index contributed by atoms with van der Waals surface area (Å²) in [4.78, 5) is 11.8. The van der Waals surface area contributed by atoms with Crippen LogP contribution < -0.4 is 0 Å². The van der Waals surface area contributed by atoms with E-state index in [1.54, 1.807) is 6.92 Å². The molecule has 0 aromatic carbocycles. The number of alkyl halides is 4. The Morgan fingerprint density at radius 1 is 1.23 bits per heavy atom. The molecule has 0 amide bonds. The van der Waals surface area contributed by atoms with Crippen LogP contribution in [0.5, 0.6) is 0 Å². The number of halogens is 4. The summed E-state index contributed by atoms with van der Waals surface area (Å²) in [6.45, 7) is 4.43. The SMILES string of the molecule is C=C(COCCCC(F)(F)C(F)(F)S(=O)(=O)[O-])C(=O)OC1(C)CCCC1. The topological polar surface area (TPSA) is 92.7 Å². The molecular formula is C15H21F4O6S-. The first-order valence-corrected chi connectivity index (χ1v) is 9.33. The van der Waals surface area contributed by atoms with Crippen molar-refractivity contribution in [2.75, 3.05) is 13.2 Å². The van der Waals surface area contributed by atoms with Gasteiger partial charge in [0.2, 0.25) is 0 Å². The lowest BCUT2D eigenvalue weighted by Crippen LogP contribution is -2.46. The summed E-state index contributed by atoms with van der Waals surface area (Å²) >= 11 is 0. The van der Waals surface area contributed by atoms with Crippen molar-refractivity contribution in [3.05, 3.63) is 12.2 Å². The molecule has 0 bridgehead atoms. The van der Waals surface area contributed by atoms with Crippen molar-refractivity contribution < 1.29 is 44.8 Å². The first kappa shape index (κ1) is 22.8. The highest BCUT2D eigenvalue weighted by Crippen LogP contribution is 2.41. The highest BCUT2D eigenvalue weighted by atomic mass is 32.2. The van der Waals surface area contributed by atoms with Crippen LogP contribution in [0.3, 0.4) is 0 Å². The lowest BCUT2D eigenvalue weighted by atomic mass is 10.1. The molecule has 0 aromatic rings. The van der Waals surface area contributed by atoms with Crippen LogP contribution in [0.25, 0.3) is 0 Å². The smallest absolute Gasteiger partial charge is 0.396 e. The van der Waals surface area contributed by atoms with Crippen molar-refractivity contribution in [2.24, 2.45) is 0 Å².